The zero-order valence-electron chi connectivity index (χ0n) is 20.4. The minimum Gasteiger partial charge on any atom is -0.305 e. The number of halogens is 1. The largest absolute Gasteiger partial charge is 0.305 e. The van der Waals surface area contributed by atoms with Crippen LogP contribution < -0.4 is 10.3 Å². The summed E-state index contributed by atoms with van der Waals surface area (Å²) < 4.78 is 27.9. The molecule has 0 saturated heterocycles. The number of fused-ring (bicyclic) bond motifs is 2. The van der Waals surface area contributed by atoms with Gasteiger partial charge in [0.25, 0.3) is 5.56 Å². The molecule has 6 aromatic rings. The fourth-order valence-corrected chi connectivity index (χ4v) is 5.43. The Morgan fingerprint density at radius 2 is 1.74 bits per heavy atom. The Kier molecular flexibility index (Phi) is 6.18. The number of rotatable bonds is 6. The molecule has 0 saturated carbocycles. The van der Waals surface area contributed by atoms with Crippen molar-refractivity contribution in [1.82, 2.24) is 34.9 Å². The fraction of sp³-hybridized carbons (Fsp3) is 0.0741. The maximum Gasteiger partial charge on any atom is 0.254 e. The third kappa shape index (κ3) is 4.78. The molecule has 0 aliphatic rings. The van der Waals surface area contributed by atoms with E-state index in [1.165, 1.54) is 18.3 Å². The number of benzene rings is 2. The molecule has 0 atom stereocenters. The van der Waals surface area contributed by atoms with E-state index in [1.807, 2.05) is 36.4 Å². The van der Waals surface area contributed by atoms with Gasteiger partial charge in [0.1, 0.15) is 10.4 Å². The third-order valence-electron chi connectivity index (χ3n) is 6.23. The van der Waals surface area contributed by atoms with Gasteiger partial charge in [0.2, 0.25) is 10.0 Å². The van der Waals surface area contributed by atoms with E-state index in [9.17, 15) is 13.2 Å². The fourth-order valence-electron chi connectivity index (χ4n) is 4.21. The molecule has 0 amide bonds. The molecular formula is C27H20ClN7O3S. The lowest BCUT2D eigenvalue weighted by atomic mass is 10.0. The van der Waals surface area contributed by atoms with E-state index in [4.69, 9.17) is 21.6 Å². The van der Waals surface area contributed by atoms with E-state index >= 15 is 0 Å². The van der Waals surface area contributed by atoms with Crippen molar-refractivity contribution in [3.05, 3.63) is 99.7 Å². The van der Waals surface area contributed by atoms with Gasteiger partial charge in [-0.25, -0.2) is 23.1 Å². The maximum atomic E-state index is 12.9. The van der Waals surface area contributed by atoms with Crippen molar-refractivity contribution in [3.8, 4) is 22.5 Å². The highest BCUT2D eigenvalue weighted by Crippen LogP contribution is 2.34. The molecule has 39 heavy (non-hydrogen) atoms. The molecule has 0 radical (unpaired) electrons. The number of pyridine rings is 2. The normalized spacial score (nSPS) is 11.8. The molecule has 12 heteroatoms. The van der Waals surface area contributed by atoms with Crippen LogP contribution in [0.3, 0.4) is 0 Å². The minimum atomic E-state index is -3.88. The summed E-state index contributed by atoms with van der Waals surface area (Å²) in [4.78, 5) is 29.3. The van der Waals surface area contributed by atoms with Crippen molar-refractivity contribution in [2.75, 3.05) is 0 Å². The Labute approximate surface area is 227 Å². The standard InChI is InChI=1S/C27H20ClN7O3S/c1-15-7-8-20(14-29-15)39(37,38)31-13-19-11-22-26(34-27(19)36)33-24(16-5-3-2-4-6-16)25(32-22)17-9-18-12-30-35-23(18)21(28)10-17/h2-12,14,31H,13H2,1H3,(H,30,35)(H,33,34,36). The van der Waals surface area contributed by atoms with Gasteiger partial charge < -0.3 is 4.98 Å². The van der Waals surface area contributed by atoms with Gasteiger partial charge in [-0.1, -0.05) is 41.9 Å². The maximum absolute atomic E-state index is 12.9. The number of nitrogens with one attached hydrogen (secondary N) is 3. The third-order valence-corrected chi connectivity index (χ3v) is 7.91. The highest BCUT2D eigenvalue weighted by molar-refractivity contribution is 7.89. The summed E-state index contributed by atoms with van der Waals surface area (Å²) in [6.07, 6.45) is 2.94. The highest BCUT2D eigenvalue weighted by atomic mass is 35.5. The summed E-state index contributed by atoms with van der Waals surface area (Å²) in [6.45, 7) is 1.52. The van der Waals surface area contributed by atoms with Crippen LogP contribution in [0.4, 0.5) is 0 Å². The van der Waals surface area contributed by atoms with Crippen LogP contribution in [0.2, 0.25) is 5.02 Å². The topological polar surface area (TPSA) is 146 Å². The Hall–Kier alpha value is -4.45. The predicted octanol–water partition coefficient (Wildman–Crippen LogP) is 4.36. The van der Waals surface area contributed by atoms with E-state index < -0.39 is 15.6 Å². The quantitative estimate of drug-likeness (QED) is 0.275. The van der Waals surface area contributed by atoms with Gasteiger partial charge in [0, 0.05) is 40.5 Å². The van der Waals surface area contributed by atoms with Crippen LogP contribution in [-0.4, -0.2) is 38.6 Å². The number of H-pyrrole nitrogens is 2. The van der Waals surface area contributed by atoms with Crippen molar-refractivity contribution in [2.24, 2.45) is 0 Å². The first-order chi connectivity index (χ1) is 18.8. The summed E-state index contributed by atoms with van der Waals surface area (Å²) in [5.41, 5.74) is 4.37. The zero-order chi connectivity index (χ0) is 27.1. The van der Waals surface area contributed by atoms with Gasteiger partial charge >= 0.3 is 0 Å². The molecule has 4 aromatic heterocycles. The molecule has 0 fully saturated rings. The molecule has 0 spiro atoms. The van der Waals surface area contributed by atoms with Gasteiger partial charge in [0.05, 0.1) is 28.1 Å². The van der Waals surface area contributed by atoms with E-state index in [2.05, 4.69) is 24.9 Å². The van der Waals surface area contributed by atoms with Crippen molar-refractivity contribution >= 4 is 43.7 Å². The molecule has 4 heterocycles. The second kappa shape index (κ2) is 9.70. The van der Waals surface area contributed by atoms with Crippen LogP contribution in [-0.2, 0) is 16.6 Å². The van der Waals surface area contributed by atoms with Crippen molar-refractivity contribution in [2.45, 2.75) is 18.4 Å². The van der Waals surface area contributed by atoms with E-state index in [-0.39, 0.29) is 22.7 Å². The van der Waals surface area contributed by atoms with Gasteiger partial charge in [-0.05, 0) is 37.3 Å². The first-order valence-electron chi connectivity index (χ1n) is 11.8. The lowest BCUT2D eigenvalue weighted by molar-refractivity contribution is 0.580. The van der Waals surface area contributed by atoms with Crippen molar-refractivity contribution < 1.29 is 8.42 Å². The van der Waals surface area contributed by atoms with Crippen LogP contribution in [0, 0.1) is 6.92 Å². The Balaban J connectivity index is 1.46. The summed E-state index contributed by atoms with van der Waals surface area (Å²) in [5, 5.41) is 8.23. The van der Waals surface area contributed by atoms with Crippen LogP contribution in [0.15, 0.2) is 82.7 Å². The van der Waals surface area contributed by atoms with Crippen molar-refractivity contribution in [1.29, 1.82) is 0 Å². The van der Waals surface area contributed by atoms with E-state index in [1.54, 1.807) is 25.3 Å². The number of aromatic nitrogens is 6. The van der Waals surface area contributed by atoms with Crippen LogP contribution in [0.25, 0.3) is 44.6 Å². The Morgan fingerprint density at radius 3 is 2.51 bits per heavy atom. The second-order valence-electron chi connectivity index (χ2n) is 8.90. The molecule has 0 aliphatic carbocycles. The average Bonchev–Trinajstić information content (AvgIpc) is 3.42. The first kappa shape index (κ1) is 24.9. The number of aromatic amines is 2. The number of hydrogen-bond donors (Lipinski definition) is 3. The summed E-state index contributed by atoms with van der Waals surface area (Å²) in [6, 6.07) is 17.8. The van der Waals surface area contributed by atoms with Gasteiger partial charge in [-0.3, -0.25) is 14.9 Å². The van der Waals surface area contributed by atoms with Crippen molar-refractivity contribution in [3.63, 3.8) is 0 Å². The minimum absolute atomic E-state index is 0.00594. The van der Waals surface area contributed by atoms with Crippen LogP contribution in [0.5, 0.6) is 0 Å². The molecule has 6 rings (SSSR count). The van der Waals surface area contributed by atoms with Crippen LogP contribution >= 0.6 is 11.6 Å². The van der Waals surface area contributed by atoms with E-state index in [0.717, 1.165) is 10.9 Å². The summed E-state index contributed by atoms with van der Waals surface area (Å²) in [7, 11) is -3.88. The number of sulfonamides is 1. The molecule has 0 bridgehead atoms. The lowest BCUT2D eigenvalue weighted by Gasteiger charge is -2.12. The number of nitrogens with zero attached hydrogens (tertiary/aromatic N) is 4. The lowest BCUT2D eigenvalue weighted by Crippen LogP contribution is -2.27. The monoisotopic (exact) mass is 557 g/mol. The molecule has 194 valence electrons. The van der Waals surface area contributed by atoms with Gasteiger partial charge in [0.15, 0.2) is 5.65 Å². The van der Waals surface area contributed by atoms with Crippen LogP contribution in [0.1, 0.15) is 11.3 Å². The number of hydrogen-bond acceptors (Lipinski definition) is 7. The van der Waals surface area contributed by atoms with Gasteiger partial charge in [-0.15, -0.1) is 0 Å². The highest BCUT2D eigenvalue weighted by Gasteiger charge is 2.19. The van der Waals surface area contributed by atoms with E-state index in [0.29, 0.717) is 38.7 Å². The SMILES string of the molecule is Cc1ccc(S(=O)(=O)NCc2cc3nc(-c4cc(Cl)c5[nH]ncc5c4)c(-c4ccccc4)nc3[nH]c2=O)cn1. The molecule has 3 N–H and O–H groups in total. The second-order valence-corrected chi connectivity index (χ2v) is 11.1. The molecule has 10 nitrogen and oxygen atoms in total. The first-order valence-corrected chi connectivity index (χ1v) is 13.7. The predicted molar refractivity (Wildman–Crippen MR) is 149 cm³/mol. The molecule has 0 unspecified atom stereocenters. The molecular weight excluding hydrogens is 538 g/mol. The summed E-state index contributed by atoms with van der Waals surface area (Å²) in [5.74, 6) is 0. The average molecular weight is 558 g/mol. The smallest absolute Gasteiger partial charge is 0.254 e. The van der Waals surface area contributed by atoms with Gasteiger partial charge in [-0.2, -0.15) is 5.10 Å². The zero-order valence-corrected chi connectivity index (χ0v) is 22.0. The summed E-state index contributed by atoms with van der Waals surface area (Å²) >= 11 is 6.52. The molecule has 0 aliphatic heterocycles. The number of aryl methyl sites for hydroxylation is 1. The Morgan fingerprint density at radius 1 is 0.949 bits per heavy atom. The molecule has 2 aromatic carbocycles. The Bertz CT molecular complexity index is 2020.